The van der Waals surface area contributed by atoms with Gasteiger partial charge in [0.25, 0.3) is 0 Å². The van der Waals surface area contributed by atoms with Crippen LogP contribution >= 0.6 is 0 Å². The van der Waals surface area contributed by atoms with Gasteiger partial charge in [0.15, 0.2) is 0 Å². The van der Waals surface area contributed by atoms with Gasteiger partial charge in [-0.3, -0.25) is 4.79 Å². The van der Waals surface area contributed by atoms with E-state index in [1.54, 1.807) is 12.2 Å². The van der Waals surface area contributed by atoms with Crippen molar-refractivity contribution >= 4 is 5.91 Å². The molecule has 3 nitrogen and oxygen atoms in total. The summed E-state index contributed by atoms with van der Waals surface area (Å²) < 4.78 is 1.07. The van der Waals surface area contributed by atoms with Crippen LogP contribution in [0.4, 0.5) is 0 Å². The minimum Gasteiger partial charge on any atom is -1.00 e. The molecular weight excluding hydrogens is 376 g/mol. The molecule has 0 saturated carbocycles. The number of hydrogen-bond donors (Lipinski definition) is 1. The lowest BCUT2D eigenvalue weighted by molar-refractivity contribution is -0.890. The molecule has 25 heavy (non-hydrogen) atoms. The maximum Gasteiger partial charge on any atom is 0.243 e. The Bertz CT molecular complexity index is 330. The van der Waals surface area contributed by atoms with Crippen molar-refractivity contribution < 1.29 is 26.3 Å². The normalized spacial score (nSPS) is 11.5. The Balaban J connectivity index is 0. The van der Waals surface area contributed by atoms with Gasteiger partial charge in [0, 0.05) is 13.0 Å². The Kier molecular flexibility index (Phi) is 19.8. The summed E-state index contributed by atoms with van der Waals surface area (Å²) in [7, 11) is 4.61. The summed E-state index contributed by atoms with van der Waals surface area (Å²) in [5, 5.41) is 2.93. The van der Waals surface area contributed by atoms with Crippen LogP contribution in [0.15, 0.2) is 12.2 Å². The molecule has 0 unspecified atom stereocenters. The highest BCUT2D eigenvalue weighted by Crippen LogP contribution is 2.11. The summed E-state index contributed by atoms with van der Waals surface area (Å²) in [6.45, 7) is 7.31. The molecule has 0 aromatic heterocycles. The Hall–Kier alpha value is -0.350. The van der Waals surface area contributed by atoms with Crippen LogP contribution in [0.2, 0.25) is 0 Å². The fourth-order valence-electron chi connectivity index (χ4n) is 3.07. The quantitative estimate of drug-likeness (QED) is 0.232. The van der Waals surface area contributed by atoms with Gasteiger partial charge in [-0.2, -0.15) is 0 Å². The van der Waals surface area contributed by atoms with Gasteiger partial charge in [0.05, 0.1) is 27.2 Å². The Morgan fingerprint density at radius 2 is 1.32 bits per heavy atom. The average Bonchev–Trinajstić information content (AvgIpc) is 2.54. The van der Waals surface area contributed by atoms with E-state index in [1.165, 1.54) is 70.8 Å². The van der Waals surface area contributed by atoms with E-state index in [9.17, 15) is 4.79 Å². The van der Waals surface area contributed by atoms with Crippen molar-refractivity contribution in [1.29, 1.82) is 0 Å². The van der Waals surface area contributed by atoms with Crippen LogP contribution in [-0.4, -0.2) is 44.1 Å². The highest BCUT2D eigenvalue weighted by molar-refractivity contribution is 5.87. The van der Waals surface area contributed by atoms with Crippen LogP contribution < -0.4 is 22.3 Å². The minimum atomic E-state index is 0. The molecule has 0 fully saturated rings. The molecule has 0 aromatic rings. The first-order valence-corrected chi connectivity index (χ1v) is 10.2. The van der Waals surface area contributed by atoms with Gasteiger partial charge in [-0.25, -0.2) is 0 Å². The van der Waals surface area contributed by atoms with Crippen LogP contribution in [0.1, 0.15) is 84.5 Å². The molecule has 0 spiro atoms. The number of rotatable bonds is 16. The molecule has 0 aliphatic rings. The van der Waals surface area contributed by atoms with Crippen molar-refractivity contribution in [3.63, 3.8) is 0 Å². The number of nitrogens with one attached hydrogen (secondary N) is 1. The summed E-state index contributed by atoms with van der Waals surface area (Å²) in [5.41, 5.74) is 0. The van der Waals surface area contributed by atoms with E-state index in [4.69, 9.17) is 0 Å². The van der Waals surface area contributed by atoms with Crippen molar-refractivity contribution in [3.05, 3.63) is 12.2 Å². The molecule has 0 aromatic carbocycles. The molecule has 0 aliphatic heterocycles. The lowest BCUT2D eigenvalue weighted by Crippen LogP contribution is -3.00. The molecular formula is C21H43BrN2O. The second kappa shape index (κ2) is 18.4. The van der Waals surface area contributed by atoms with E-state index in [2.05, 4.69) is 26.3 Å². The topological polar surface area (TPSA) is 29.1 Å². The van der Waals surface area contributed by atoms with Crippen LogP contribution in [0.3, 0.4) is 0 Å². The molecule has 0 saturated heterocycles. The third-order valence-electron chi connectivity index (χ3n) is 4.67. The number of amides is 1. The maximum absolute atomic E-state index is 11.3. The number of hydrogen-bond acceptors (Lipinski definition) is 1. The molecule has 0 radical (unpaired) electrons. The fraction of sp³-hybridized carbons (Fsp3) is 0.857. The van der Waals surface area contributed by atoms with Gasteiger partial charge in [0.2, 0.25) is 5.91 Å². The highest BCUT2D eigenvalue weighted by Gasteiger charge is 2.13. The SMILES string of the molecule is CC=CC(=O)NCCC[N+](C)(C)CCCCCCCCCCCC.[Br-]. The van der Waals surface area contributed by atoms with E-state index in [-0.39, 0.29) is 22.9 Å². The molecule has 0 aliphatic carbocycles. The number of unbranched alkanes of at least 4 members (excludes halogenated alkanes) is 9. The van der Waals surface area contributed by atoms with E-state index in [1.807, 2.05) is 6.92 Å². The largest absolute Gasteiger partial charge is 1.00 e. The highest BCUT2D eigenvalue weighted by atomic mass is 79.9. The maximum atomic E-state index is 11.3. The van der Waals surface area contributed by atoms with Crippen molar-refractivity contribution in [3.8, 4) is 0 Å². The van der Waals surface area contributed by atoms with Crippen LogP contribution in [0.5, 0.6) is 0 Å². The minimum absolute atomic E-state index is 0. The molecule has 4 heteroatoms. The number of carbonyl (C=O) groups excluding carboxylic acids is 1. The Morgan fingerprint density at radius 1 is 0.840 bits per heavy atom. The number of carbonyl (C=O) groups is 1. The van der Waals surface area contributed by atoms with Crippen molar-refractivity contribution in [2.45, 2.75) is 84.5 Å². The predicted octanol–water partition coefficient (Wildman–Crippen LogP) is 2.07. The zero-order valence-electron chi connectivity index (χ0n) is 17.3. The first-order chi connectivity index (χ1) is 11.5. The van der Waals surface area contributed by atoms with E-state index in [0.717, 1.165) is 24.0 Å². The lowest BCUT2D eigenvalue weighted by Gasteiger charge is -2.30. The zero-order valence-corrected chi connectivity index (χ0v) is 18.9. The van der Waals surface area contributed by atoms with Crippen LogP contribution in [0, 0.1) is 0 Å². The number of allylic oxidation sites excluding steroid dienone is 1. The summed E-state index contributed by atoms with van der Waals surface area (Å²) in [5.74, 6) is 0.0255. The summed E-state index contributed by atoms with van der Waals surface area (Å²) in [4.78, 5) is 11.3. The number of nitrogens with zero attached hydrogens (tertiary/aromatic N) is 1. The van der Waals surface area contributed by atoms with Gasteiger partial charge in [-0.05, 0) is 25.8 Å². The molecule has 1 N–H and O–H groups in total. The number of halogens is 1. The number of quaternary nitrogens is 1. The molecule has 0 rings (SSSR count). The van der Waals surface area contributed by atoms with E-state index in [0.29, 0.717) is 0 Å². The second-order valence-electron chi connectivity index (χ2n) is 7.71. The van der Waals surface area contributed by atoms with Crippen molar-refractivity contribution in [1.82, 2.24) is 5.32 Å². The van der Waals surface area contributed by atoms with E-state index >= 15 is 0 Å². The average molecular weight is 419 g/mol. The first-order valence-electron chi connectivity index (χ1n) is 10.2. The fourth-order valence-corrected chi connectivity index (χ4v) is 3.07. The second-order valence-corrected chi connectivity index (χ2v) is 7.71. The molecule has 0 heterocycles. The zero-order chi connectivity index (χ0) is 18.1. The lowest BCUT2D eigenvalue weighted by atomic mass is 10.1. The molecule has 0 atom stereocenters. The predicted molar refractivity (Wildman–Crippen MR) is 106 cm³/mol. The van der Waals surface area contributed by atoms with Crippen LogP contribution in [-0.2, 0) is 4.79 Å². The summed E-state index contributed by atoms with van der Waals surface area (Å²) >= 11 is 0. The Labute approximate surface area is 168 Å². The first kappa shape index (κ1) is 26.9. The van der Waals surface area contributed by atoms with Gasteiger partial charge >= 0.3 is 0 Å². The monoisotopic (exact) mass is 418 g/mol. The van der Waals surface area contributed by atoms with Gasteiger partial charge in [-0.15, -0.1) is 0 Å². The molecule has 0 bridgehead atoms. The van der Waals surface area contributed by atoms with Gasteiger partial charge < -0.3 is 26.8 Å². The summed E-state index contributed by atoms with van der Waals surface area (Å²) in [6, 6.07) is 0. The molecule has 1 amide bonds. The van der Waals surface area contributed by atoms with Crippen LogP contribution in [0.25, 0.3) is 0 Å². The van der Waals surface area contributed by atoms with Crippen molar-refractivity contribution in [2.75, 3.05) is 33.7 Å². The Morgan fingerprint density at radius 3 is 1.84 bits per heavy atom. The third kappa shape index (κ3) is 19.8. The van der Waals surface area contributed by atoms with Gasteiger partial charge in [-0.1, -0.05) is 64.4 Å². The van der Waals surface area contributed by atoms with E-state index < -0.39 is 0 Å². The van der Waals surface area contributed by atoms with Gasteiger partial charge in [0.1, 0.15) is 0 Å². The summed E-state index contributed by atoms with van der Waals surface area (Å²) in [6.07, 6.45) is 18.4. The standard InChI is InChI=1S/C21H42N2O.BrH/c1-5-7-8-9-10-11-12-13-14-15-19-23(3,4)20-16-18-22-21(24)17-6-2;/h6,17H,5,7-16,18-20H2,1-4H3;1H. The molecule has 150 valence electrons. The third-order valence-corrected chi connectivity index (χ3v) is 4.67. The van der Waals surface area contributed by atoms with Crippen molar-refractivity contribution in [2.24, 2.45) is 0 Å². The smallest absolute Gasteiger partial charge is 0.243 e.